The zero-order chi connectivity index (χ0) is 8.27. The molecule has 0 unspecified atom stereocenters. The summed E-state index contributed by atoms with van der Waals surface area (Å²) in [5.74, 6) is 0. The van der Waals surface area contributed by atoms with Gasteiger partial charge in [0.05, 0.1) is 0 Å². The van der Waals surface area contributed by atoms with Crippen molar-refractivity contribution in [3.05, 3.63) is 29.5 Å². The summed E-state index contributed by atoms with van der Waals surface area (Å²) in [6.45, 7) is 4.18. The molecule has 0 aliphatic carbocycles. The Bertz CT molecular complexity index is 297. The van der Waals surface area contributed by atoms with E-state index in [1.54, 1.807) is 13.1 Å². The van der Waals surface area contributed by atoms with Crippen LogP contribution in [0, 0.1) is 0 Å². The van der Waals surface area contributed by atoms with Gasteiger partial charge in [-0.1, -0.05) is 6.08 Å². The first kappa shape index (κ1) is 7.78. The maximum atomic E-state index is 11.1. The second-order valence-corrected chi connectivity index (χ2v) is 2.32. The van der Waals surface area contributed by atoms with Crippen LogP contribution in [0.25, 0.3) is 0 Å². The molecule has 0 N–H and O–H groups in total. The quantitative estimate of drug-likeness (QED) is 0.580. The lowest BCUT2D eigenvalue weighted by molar-refractivity contribution is 0.592. The van der Waals surface area contributed by atoms with Gasteiger partial charge in [0, 0.05) is 13.6 Å². The maximum Gasteiger partial charge on any atom is 0.345 e. The minimum absolute atomic E-state index is 0.0770. The molecule has 1 rings (SSSR count). The van der Waals surface area contributed by atoms with Gasteiger partial charge in [-0.2, -0.15) is 5.10 Å². The number of nitrogens with zero attached hydrogens (tertiary/aromatic N) is 3. The highest BCUT2D eigenvalue weighted by Gasteiger charge is 1.97. The van der Waals surface area contributed by atoms with Crippen molar-refractivity contribution >= 4 is 0 Å². The highest BCUT2D eigenvalue weighted by molar-refractivity contribution is 4.69. The zero-order valence-corrected chi connectivity index (χ0v) is 6.53. The summed E-state index contributed by atoms with van der Waals surface area (Å²) in [6.07, 6.45) is 4.05. The van der Waals surface area contributed by atoms with E-state index in [0.29, 0.717) is 6.54 Å². The van der Waals surface area contributed by atoms with Crippen molar-refractivity contribution in [2.24, 2.45) is 7.05 Å². The SMILES string of the molecule is C=CCCn1ncn(C)c1=O. The smallest absolute Gasteiger partial charge is 0.285 e. The molecule has 0 aromatic carbocycles. The van der Waals surface area contributed by atoms with Crippen molar-refractivity contribution in [3.63, 3.8) is 0 Å². The van der Waals surface area contributed by atoms with Gasteiger partial charge in [0.1, 0.15) is 6.33 Å². The second kappa shape index (κ2) is 3.18. The Balaban J connectivity index is 2.79. The van der Waals surface area contributed by atoms with Gasteiger partial charge in [0.2, 0.25) is 0 Å². The Morgan fingerprint density at radius 3 is 3.00 bits per heavy atom. The van der Waals surface area contributed by atoms with E-state index < -0.39 is 0 Å². The van der Waals surface area contributed by atoms with Gasteiger partial charge in [0.25, 0.3) is 0 Å². The van der Waals surface area contributed by atoms with E-state index in [9.17, 15) is 4.79 Å². The molecule has 0 spiro atoms. The molecule has 60 valence electrons. The van der Waals surface area contributed by atoms with Crippen molar-refractivity contribution in [3.8, 4) is 0 Å². The number of rotatable bonds is 3. The van der Waals surface area contributed by atoms with Crippen LogP contribution < -0.4 is 5.69 Å². The molecule has 0 atom stereocenters. The highest BCUT2D eigenvalue weighted by Crippen LogP contribution is 1.83. The van der Waals surface area contributed by atoms with Crippen molar-refractivity contribution < 1.29 is 0 Å². The first-order valence-electron chi connectivity index (χ1n) is 3.45. The Kier molecular flexibility index (Phi) is 2.25. The van der Waals surface area contributed by atoms with Crippen molar-refractivity contribution in [1.29, 1.82) is 0 Å². The van der Waals surface area contributed by atoms with Crippen LogP contribution in [0.3, 0.4) is 0 Å². The summed E-state index contributed by atoms with van der Waals surface area (Å²) in [5.41, 5.74) is -0.0770. The highest BCUT2D eigenvalue weighted by atomic mass is 16.2. The van der Waals surface area contributed by atoms with Gasteiger partial charge in [-0.25, -0.2) is 9.48 Å². The lowest BCUT2D eigenvalue weighted by Crippen LogP contribution is -2.22. The minimum Gasteiger partial charge on any atom is -0.285 e. The fraction of sp³-hybridized carbons (Fsp3) is 0.429. The van der Waals surface area contributed by atoms with Crippen molar-refractivity contribution in [2.75, 3.05) is 0 Å². The van der Waals surface area contributed by atoms with Crippen LogP contribution in [-0.2, 0) is 13.6 Å². The number of hydrogen-bond donors (Lipinski definition) is 0. The van der Waals surface area contributed by atoms with E-state index in [4.69, 9.17) is 0 Å². The third kappa shape index (κ3) is 1.58. The molecule has 0 radical (unpaired) electrons. The summed E-state index contributed by atoms with van der Waals surface area (Å²) in [5, 5.41) is 3.87. The number of aryl methyl sites for hydroxylation is 2. The number of hydrogen-bond acceptors (Lipinski definition) is 2. The van der Waals surface area contributed by atoms with E-state index in [1.165, 1.54) is 15.6 Å². The summed E-state index contributed by atoms with van der Waals surface area (Å²) >= 11 is 0. The standard InChI is InChI=1S/C7H11N3O/c1-3-4-5-10-7(11)9(2)6-8-10/h3,6H,1,4-5H2,2H3. The van der Waals surface area contributed by atoms with Gasteiger partial charge in [-0.15, -0.1) is 6.58 Å². The molecule has 0 aliphatic heterocycles. The monoisotopic (exact) mass is 153 g/mol. The Morgan fingerprint density at radius 1 is 1.82 bits per heavy atom. The van der Waals surface area contributed by atoms with Gasteiger partial charge < -0.3 is 0 Å². The molecule has 1 aromatic rings. The molecule has 4 heteroatoms. The van der Waals surface area contributed by atoms with Crippen molar-refractivity contribution in [2.45, 2.75) is 13.0 Å². The third-order valence-corrected chi connectivity index (χ3v) is 1.43. The first-order chi connectivity index (χ1) is 5.25. The van der Waals surface area contributed by atoms with Crippen LogP contribution in [0.2, 0.25) is 0 Å². The fourth-order valence-electron chi connectivity index (χ4n) is 0.788. The largest absolute Gasteiger partial charge is 0.345 e. The number of aromatic nitrogens is 3. The van der Waals surface area contributed by atoms with E-state index >= 15 is 0 Å². The average molecular weight is 153 g/mol. The summed E-state index contributed by atoms with van der Waals surface area (Å²) in [4.78, 5) is 11.1. The van der Waals surface area contributed by atoms with Crippen LogP contribution >= 0.6 is 0 Å². The molecule has 0 fully saturated rings. The van der Waals surface area contributed by atoms with Gasteiger partial charge in [0.15, 0.2) is 0 Å². The van der Waals surface area contributed by atoms with Gasteiger partial charge >= 0.3 is 5.69 Å². The molecule has 11 heavy (non-hydrogen) atoms. The topological polar surface area (TPSA) is 39.8 Å². The maximum absolute atomic E-state index is 11.1. The molecule has 0 saturated carbocycles. The van der Waals surface area contributed by atoms with Crippen LogP contribution in [0.15, 0.2) is 23.8 Å². The summed E-state index contributed by atoms with van der Waals surface area (Å²) in [7, 11) is 1.68. The summed E-state index contributed by atoms with van der Waals surface area (Å²) < 4.78 is 2.87. The predicted octanol–water partition coefficient (Wildman–Crippen LogP) is 0.158. The molecular formula is C7H11N3O. The summed E-state index contributed by atoms with van der Waals surface area (Å²) in [6, 6.07) is 0. The van der Waals surface area contributed by atoms with Crippen LogP contribution in [0.1, 0.15) is 6.42 Å². The zero-order valence-electron chi connectivity index (χ0n) is 6.53. The van der Waals surface area contributed by atoms with Gasteiger partial charge in [-0.05, 0) is 6.42 Å². The van der Waals surface area contributed by atoms with Crippen molar-refractivity contribution in [1.82, 2.24) is 14.3 Å². The molecule has 0 saturated heterocycles. The molecule has 0 bridgehead atoms. The van der Waals surface area contributed by atoms with E-state index in [2.05, 4.69) is 11.7 Å². The second-order valence-electron chi connectivity index (χ2n) is 2.32. The normalized spacial score (nSPS) is 9.91. The van der Waals surface area contributed by atoms with E-state index in [-0.39, 0.29) is 5.69 Å². The lowest BCUT2D eigenvalue weighted by Gasteiger charge is -1.92. The van der Waals surface area contributed by atoms with Crippen LogP contribution in [0.5, 0.6) is 0 Å². The fourth-order valence-corrected chi connectivity index (χ4v) is 0.788. The lowest BCUT2D eigenvalue weighted by atomic mass is 10.4. The van der Waals surface area contributed by atoms with Gasteiger partial charge in [-0.3, -0.25) is 4.57 Å². The van der Waals surface area contributed by atoms with Crippen LogP contribution in [0.4, 0.5) is 0 Å². The average Bonchev–Trinajstić information content (AvgIpc) is 2.31. The minimum atomic E-state index is -0.0770. The molecule has 1 aromatic heterocycles. The Morgan fingerprint density at radius 2 is 2.55 bits per heavy atom. The molecular weight excluding hydrogens is 142 g/mol. The van der Waals surface area contributed by atoms with E-state index in [0.717, 1.165) is 6.42 Å². The Labute approximate surface area is 64.8 Å². The molecule has 1 heterocycles. The molecule has 4 nitrogen and oxygen atoms in total. The predicted molar refractivity (Wildman–Crippen MR) is 42.3 cm³/mol. The number of allylic oxidation sites excluding steroid dienone is 1. The third-order valence-electron chi connectivity index (χ3n) is 1.43. The van der Waals surface area contributed by atoms with Crippen LogP contribution in [-0.4, -0.2) is 14.3 Å². The van der Waals surface area contributed by atoms with E-state index in [1.807, 2.05) is 0 Å². The Hall–Kier alpha value is -1.32. The first-order valence-corrected chi connectivity index (χ1v) is 3.45. The molecule has 0 aliphatic rings. The molecule has 0 amide bonds.